The van der Waals surface area contributed by atoms with Crippen LogP contribution in [0.2, 0.25) is 5.15 Å². The standard InChI is InChI=1S/C12H14ClN3/c13-11-8-15-12-5-1-4-10(16(11)12)9-3-2-6-14-7-9/h1,4-5,8-9,14H,2-3,6-7H2. The second kappa shape index (κ2) is 4.07. The van der Waals surface area contributed by atoms with E-state index in [2.05, 4.69) is 26.8 Å². The number of pyridine rings is 1. The van der Waals surface area contributed by atoms with Crippen molar-refractivity contribution in [3.05, 3.63) is 35.2 Å². The van der Waals surface area contributed by atoms with Crippen LogP contribution in [0.25, 0.3) is 5.65 Å². The van der Waals surface area contributed by atoms with Gasteiger partial charge < -0.3 is 5.32 Å². The van der Waals surface area contributed by atoms with Crippen molar-refractivity contribution in [2.45, 2.75) is 18.8 Å². The molecule has 1 fully saturated rings. The Morgan fingerprint density at radius 3 is 3.19 bits per heavy atom. The van der Waals surface area contributed by atoms with Crippen molar-refractivity contribution in [3.8, 4) is 0 Å². The SMILES string of the molecule is Clc1cnc2cccc(C3CCCNC3)n12. The van der Waals surface area contributed by atoms with Crippen molar-refractivity contribution < 1.29 is 0 Å². The molecule has 16 heavy (non-hydrogen) atoms. The monoisotopic (exact) mass is 235 g/mol. The van der Waals surface area contributed by atoms with Crippen LogP contribution in [0.3, 0.4) is 0 Å². The lowest BCUT2D eigenvalue weighted by molar-refractivity contribution is 0.452. The predicted octanol–water partition coefficient (Wildman–Crippen LogP) is 2.45. The molecular weight excluding hydrogens is 222 g/mol. The van der Waals surface area contributed by atoms with E-state index < -0.39 is 0 Å². The van der Waals surface area contributed by atoms with E-state index in [-0.39, 0.29) is 0 Å². The summed E-state index contributed by atoms with van der Waals surface area (Å²) in [7, 11) is 0. The van der Waals surface area contributed by atoms with Crippen LogP contribution in [0.4, 0.5) is 0 Å². The van der Waals surface area contributed by atoms with Crippen molar-refractivity contribution >= 4 is 17.2 Å². The normalized spacial score (nSPS) is 21.4. The maximum absolute atomic E-state index is 6.18. The van der Waals surface area contributed by atoms with Crippen LogP contribution < -0.4 is 5.32 Å². The van der Waals surface area contributed by atoms with E-state index in [9.17, 15) is 0 Å². The van der Waals surface area contributed by atoms with E-state index in [0.717, 1.165) is 18.7 Å². The minimum Gasteiger partial charge on any atom is -0.316 e. The van der Waals surface area contributed by atoms with Gasteiger partial charge in [0.2, 0.25) is 0 Å². The van der Waals surface area contributed by atoms with Crippen LogP contribution in [0.5, 0.6) is 0 Å². The Balaban J connectivity index is 2.10. The first-order valence-corrected chi connectivity index (χ1v) is 6.06. The third-order valence-electron chi connectivity index (χ3n) is 3.23. The van der Waals surface area contributed by atoms with E-state index in [1.165, 1.54) is 18.5 Å². The summed E-state index contributed by atoms with van der Waals surface area (Å²) in [6.07, 6.45) is 4.17. The van der Waals surface area contributed by atoms with Crippen molar-refractivity contribution in [1.29, 1.82) is 0 Å². The van der Waals surface area contributed by atoms with Gasteiger partial charge in [0.15, 0.2) is 0 Å². The maximum Gasteiger partial charge on any atom is 0.138 e. The van der Waals surface area contributed by atoms with Gasteiger partial charge in [-0.3, -0.25) is 4.40 Å². The highest BCUT2D eigenvalue weighted by Crippen LogP contribution is 2.26. The highest BCUT2D eigenvalue weighted by molar-refractivity contribution is 6.29. The first-order valence-electron chi connectivity index (χ1n) is 5.69. The Kier molecular flexibility index (Phi) is 2.58. The molecule has 0 spiro atoms. The van der Waals surface area contributed by atoms with Crippen molar-refractivity contribution in [2.24, 2.45) is 0 Å². The summed E-state index contributed by atoms with van der Waals surface area (Å²) >= 11 is 6.18. The van der Waals surface area contributed by atoms with Crippen molar-refractivity contribution in [1.82, 2.24) is 14.7 Å². The second-order valence-corrected chi connectivity index (χ2v) is 4.66. The van der Waals surface area contributed by atoms with Gasteiger partial charge in [-0.1, -0.05) is 17.7 Å². The Morgan fingerprint density at radius 2 is 2.38 bits per heavy atom. The Morgan fingerprint density at radius 1 is 1.44 bits per heavy atom. The molecule has 2 aromatic rings. The molecule has 0 saturated carbocycles. The molecule has 1 aliphatic rings. The Bertz CT molecular complexity index is 500. The Labute approximate surface area is 99.4 Å². The fourth-order valence-corrected chi connectivity index (χ4v) is 2.68. The van der Waals surface area contributed by atoms with E-state index in [1.54, 1.807) is 6.20 Å². The number of hydrogen-bond acceptors (Lipinski definition) is 2. The van der Waals surface area contributed by atoms with Crippen LogP contribution in [0.15, 0.2) is 24.4 Å². The summed E-state index contributed by atoms with van der Waals surface area (Å²) in [4.78, 5) is 4.28. The molecular formula is C12H14ClN3. The van der Waals surface area contributed by atoms with E-state index in [4.69, 9.17) is 11.6 Å². The number of imidazole rings is 1. The summed E-state index contributed by atoms with van der Waals surface area (Å²) in [5.41, 5.74) is 2.21. The predicted molar refractivity (Wildman–Crippen MR) is 65.0 cm³/mol. The molecule has 3 heterocycles. The molecule has 0 aliphatic carbocycles. The van der Waals surface area contributed by atoms with Gasteiger partial charge in [-0.2, -0.15) is 0 Å². The van der Waals surface area contributed by atoms with Crippen LogP contribution in [0, 0.1) is 0 Å². The third kappa shape index (κ3) is 1.60. The summed E-state index contributed by atoms with van der Waals surface area (Å²) < 4.78 is 2.05. The van der Waals surface area contributed by atoms with Gasteiger partial charge in [-0.25, -0.2) is 4.98 Å². The zero-order chi connectivity index (χ0) is 11.0. The topological polar surface area (TPSA) is 29.3 Å². The van der Waals surface area contributed by atoms with Crippen LogP contribution in [0.1, 0.15) is 24.5 Å². The molecule has 1 saturated heterocycles. The average molecular weight is 236 g/mol. The van der Waals surface area contributed by atoms with Gasteiger partial charge in [0.1, 0.15) is 10.8 Å². The Hall–Kier alpha value is -1.06. The lowest BCUT2D eigenvalue weighted by atomic mass is 9.95. The zero-order valence-corrected chi connectivity index (χ0v) is 9.74. The fourth-order valence-electron chi connectivity index (χ4n) is 2.45. The van der Waals surface area contributed by atoms with Crippen molar-refractivity contribution in [3.63, 3.8) is 0 Å². The number of aromatic nitrogens is 2. The van der Waals surface area contributed by atoms with Gasteiger partial charge >= 0.3 is 0 Å². The molecule has 1 N–H and O–H groups in total. The largest absolute Gasteiger partial charge is 0.316 e. The highest BCUT2D eigenvalue weighted by atomic mass is 35.5. The minimum atomic E-state index is 0.546. The second-order valence-electron chi connectivity index (χ2n) is 4.27. The van der Waals surface area contributed by atoms with E-state index in [1.807, 2.05) is 6.07 Å². The number of rotatable bonds is 1. The molecule has 3 rings (SSSR count). The number of nitrogens with zero attached hydrogens (tertiary/aromatic N) is 2. The van der Waals surface area contributed by atoms with Gasteiger partial charge in [-0.15, -0.1) is 0 Å². The quantitative estimate of drug-likeness (QED) is 0.823. The summed E-state index contributed by atoms with van der Waals surface area (Å²) in [6, 6.07) is 6.20. The number of hydrogen-bond donors (Lipinski definition) is 1. The van der Waals surface area contributed by atoms with Gasteiger partial charge in [0.05, 0.1) is 6.20 Å². The molecule has 2 aromatic heterocycles. The molecule has 4 heteroatoms. The number of piperidine rings is 1. The summed E-state index contributed by atoms with van der Waals surface area (Å²) in [5.74, 6) is 0.546. The smallest absolute Gasteiger partial charge is 0.138 e. The maximum atomic E-state index is 6.18. The lowest BCUT2D eigenvalue weighted by Gasteiger charge is -2.24. The first-order chi connectivity index (χ1) is 7.86. The van der Waals surface area contributed by atoms with E-state index >= 15 is 0 Å². The minimum absolute atomic E-state index is 0.546. The number of nitrogens with one attached hydrogen (secondary N) is 1. The summed E-state index contributed by atoms with van der Waals surface area (Å²) in [6.45, 7) is 2.16. The van der Waals surface area contributed by atoms with Crippen LogP contribution >= 0.6 is 11.6 Å². The summed E-state index contributed by atoms with van der Waals surface area (Å²) in [5, 5.41) is 4.14. The van der Waals surface area contributed by atoms with Gasteiger partial charge in [-0.05, 0) is 31.5 Å². The van der Waals surface area contributed by atoms with Crippen LogP contribution in [-0.4, -0.2) is 22.5 Å². The molecule has 3 nitrogen and oxygen atoms in total. The van der Waals surface area contributed by atoms with Crippen molar-refractivity contribution in [2.75, 3.05) is 13.1 Å². The molecule has 1 unspecified atom stereocenters. The average Bonchev–Trinajstić information content (AvgIpc) is 2.73. The van der Waals surface area contributed by atoms with Crippen LogP contribution in [-0.2, 0) is 0 Å². The zero-order valence-electron chi connectivity index (χ0n) is 8.99. The first kappa shape index (κ1) is 10.1. The fraction of sp³-hybridized carbons (Fsp3) is 0.417. The third-order valence-corrected chi connectivity index (χ3v) is 3.50. The van der Waals surface area contributed by atoms with Gasteiger partial charge in [0, 0.05) is 18.2 Å². The number of halogens is 1. The molecule has 0 amide bonds. The number of fused-ring (bicyclic) bond motifs is 1. The molecule has 0 bridgehead atoms. The molecule has 1 aliphatic heterocycles. The lowest BCUT2D eigenvalue weighted by Crippen LogP contribution is -2.29. The molecule has 1 atom stereocenters. The molecule has 84 valence electrons. The highest BCUT2D eigenvalue weighted by Gasteiger charge is 2.18. The molecule has 0 radical (unpaired) electrons. The van der Waals surface area contributed by atoms with E-state index in [0.29, 0.717) is 11.1 Å². The van der Waals surface area contributed by atoms with Gasteiger partial charge in [0.25, 0.3) is 0 Å². The molecule has 0 aromatic carbocycles.